The standard InChI is InChI=1S/C38H44F3NO5S2/c1-35-14-13-27(44)15-29(35)30(40)16-31-36(2)17-25(33(34(46)49-22-39)37(36,3)18-32(45)38(31,35)41)20-42(47-4)19-23-5-7-24(8-6-23)21-48-28-11-9-26(43)10-12-28/h5-15,25,30-33,43,45H,16-22H2,1-4H3/t25-,30-,31-,32-,33+,35-,36-,37+,38-/m0/s1. The number of aliphatic hydroxyl groups is 1. The number of carbonyl (C=O) groups excluding carboxylic acids is 2. The van der Waals surface area contributed by atoms with Crippen LogP contribution in [0, 0.1) is 34.0 Å². The van der Waals surface area contributed by atoms with Crippen molar-refractivity contribution in [2.24, 2.45) is 34.0 Å². The van der Waals surface area contributed by atoms with E-state index in [1.54, 1.807) is 43.0 Å². The Morgan fingerprint density at radius 1 is 1.04 bits per heavy atom. The van der Waals surface area contributed by atoms with Gasteiger partial charge in [0.05, 0.1) is 13.2 Å². The van der Waals surface area contributed by atoms with Gasteiger partial charge in [-0.15, -0.1) is 11.8 Å². The lowest BCUT2D eigenvalue weighted by atomic mass is 9.40. The van der Waals surface area contributed by atoms with Crippen molar-refractivity contribution in [2.45, 2.75) is 75.2 Å². The van der Waals surface area contributed by atoms with E-state index in [1.807, 2.05) is 50.2 Å². The number of nitrogens with zero attached hydrogens (tertiary/aromatic N) is 1. The second-order valence-electron chi connectivity index (χ2n) is 14.7. The van der Waals surface area contributed by atoms with Crippen molar-refractivity contribution < 1.29 is 37.8 Å². The van der Waals surface area contributed by atoms with Gasteiger partial charge in [-0.3, -0.25) is 9.59 Å². The molecule has 2 aromatic carbocycles. The van der Waals surface area contributed by atoms with Crippen LogP contribution in [0.5, 0.6) is 5.75 Å². The van der Waals surface area contributed by atoms with Crippen molar-refractivity contribution in [3.63, 3.8) is 0 Å². The van der Waals surface area contributed by atoms with Gasteiger partial charge >= 0.3 is 0 Å². The molecule has 264 valence electrons. The summed E-state index contributed by atoms with van der Waals surface area (Å²) in [5, 5.41) is 22.7. The quantitative estimate of drug-likeness (QED) is 0.191. The predicted molar refractivity (Wildman–Crippen MR) is 186 cm³/mol. The topological polar surface area (TPSA) is 87.1 Å². The molecule has 49 heavy (non-hydrogen) atoms. The Hall–Kier alpha value is -2.57. The number of carbonyl (C=O) groups is 2. The Morgan fingerprint density at radius 3 is 2.37 bits per heavy atom. The molecule has 0 heterocycles. The summed E-state index contributed by atoms with van der Waals surface area (Å²) in [6, 6.07) is 14.3. The van der Waals surface area contributed by atoms with Crippen LogP contribution < -0.4 is 0 Å². The SMILES string of the molecule is CON(Cc1ccc(CSc2ccc(O)cc2)cc1)C[C@@H]1C[C@@]2(C)[C@@H]3C[C@H](F)C4=CC(=O)C=C[C@]4(C)[C@@]3(F)[C@@H](O)C[C@]2(C)[C@H]1C(=O)SCF. The molecule has 0 aliphatic heterocycles. The number of hydrogen-bond acceptors (Lipinski definition) is 8. The summed E-state index contributed by atoms with van der Waals surface area (Å²) in [6.07, 6.45) is 0.774. The number of halogens is 3. The molecule has 0 spiro atoms. The third kappa shape index (κ3) is 6.01. The average molecular weight is 716 g/mol. The molecule has 4 aliphatic carbocycles. The minimum Gasteiger partial charge on any atom is -0.508 e. The summed E-state index contributed by atoms with van der Waals surface area (Å²) in [5.74, 6) is -1.52. The molecular weight excluding hydrogens is 672 g/mol. The molecule has 0 amide bonds. The first-order valence-corrected chi connectivity index (χ1v) is 18.6. The molecule has 3 saturated carbocycles. The minimum atomic E-state index is -2.29. The fourth-order valence-corrected chi connectivity index (χ4v) is 11.3. The molecule has 0 bridgehead atoms. The summed E-state index contributed by atoms with van der Waals surface area (Å²) in [6.45, 7) is 6.05. The molecule has 9 atom stereocenters. The Balaban J connectivity index is 1.25. The predicted octanol–water partition coefficient (Wildman–Crippen LogP) is 7.79. The zero-order chi connectivity index (χ0) is 35.4. The monoisotopic (exact) mass is 715 g/mol. The second-order valence-corrected chi connectivity index (χ2v) is 16.7. The first-order valence-electron chi connectivity index (χ1n) is 16.7. The van der Waals surface area contributed by atoms with E-state index >= 15 is 8.78 Å². The van der Waals surface area contributed by atoms with Gasteiger partial charge < -0.3 is 15.1 Å². The number of phenolic OH excluding ortho intramolecular Hbond substituents is 1. The van der Waals surface area contributed by atoms with E-state index in [0.29, 0.717) is 31.3 Å². The number of aliphatic hydroxyl groups excluding tert-OH is 1. The summed E-state index contributed by atoms with van der Waals surface area (Å²) in [4.78, 5) is 32.9. The molecule has 2 aromatic rings. The maximum atomic E-state index is 17.9. The van der Waals surface area contributed by atoms with Crippen LogP contribution >= 0.6 is 23.5 Å². The lowest BCUT2D eigenvalue weighted by Gasteiger charge is -2.66. The fourth-order valence-electron chi connectivity index (χ4n) is 9.74. The van der Waals surface area contributed by atoms with E-state index in [9.17, 15) is 24.2 Å². The van der Waals surface area contributed by atoms with Gasteiger partial charge in [0, 0.05) is 41.0 Å². The van der Waals surface area contributed by atoms with Gasteiger partial charge in [0.2, 0.25) is 0 Å². The smallest absolute Gasteiger partial charge is 0.195 e. The molecule has 2 N–H and O–H groups in total. The van der Waals surface area contributed by atoms with E-state index < -0.39 is 57.8 Å². The van der Waals surface area contributed by atoms with Crippen LogP contribution in [-0.2, 0) is 26.7 Å². The second kappa shape index (κ2) is 13.5. The Kier molecular flexibility index (Phi) is 10.00. The number of phenols is 1. The van der Waals surface area contributed by atoms with Crippen LogP contribution in [-0.4, -0.2) is 63.8 Å². The lowest BCUT2D eigenvalue weighted by Crippen LogP contribution is -2.71. The van der Waals surface area contributed by atoms with Crippen molar-refractivity contribution in [1.29, 1.82) is 0 Å². The van der Waals surface area contributed by atoms with E-state index in [0.717, 1.165) is 21.8 Å². The van der Waals surface area contributed by atoms with Gasteiger partial charge in [-0.05, 0) is 96.1 Å². The number of alkyl halides is 3. The average Bonchev–Trinajstić information content (AvgIpc) is 3.29. The molecule has 0 unspecified atom stereocenters. The number of aromatic hydroxyl groups is 1. The molecule has 0 aromatic heterocycles. The van der Waals surface area contributed by atoms with Crippen LogP contribution in [0.3, 0.4) is 0 Å². The number of fused-ring (bicyclic) bond motifs is 5. The van der Waals surface area contributed by atoms with Gasteiger partial charge in [0.25, 0.3) is 0 Å². The Morgan fingerprint density at radius 2 is 1.71 bits per heavy atom. The van der Waals surface area contributed by atoms with Crippen molar-refractivity contribution in [1.82, 2.24) is 5.06 Å². The zero-order valence-electron chi connectivity index (χ0n) is 28.2. The maximum absolute atomic E-state index is 17.9. The van der Waals surface area contributed by atoms with Gasteiger partial charge in [-0.1, -0.05) is 56.0 Å². The largest absolute Gasteiger partial charge is 0.508 e. The van der Waals surface area contributed by atoms with Crippen LogP contribution in [0.25, 0.3) is 0 Å². The van der Waals surface area contributed by atoms with Gasteiger partial charge in [-0.25, -0.2) is 13.2 Å². The number of allylic oxidation sites excluding steroid dienone is 4. The van der Waals surface area contributed by atoms with Gasteiger partial charge in [0.15, 0.2) is 16.6 Å². The number of rotatable bonds is 10. The highest BCUT2D eigenvalue weighted by atomic mass is 32.2. The first kappa shape index (κ1) is 36.2. The van der Waals surface area contributed by atoms with Crippen LogP contribution in [0.2, 0.25) is 0 Å². The van der Waals surface area contributed by atoms with Gasteiger partial charge in [-0.2, -0.15) is 5.06 Å². The third-order valence-electron chi connectivity index (χ3n) is 12.4. The van der Waals surface area contributed by atoms with Crippen LogP contribution in [0.4, 0.5) is 13.2 Å². The maximum Gasteiger partial charge on any atom is 0.195 e. The highest BCUT2D eigenvalue weighted by molar-refractivity contribution is 8.13. The summed E-state index contributed by atoms with van der Waals surface area (Å²) in [7, 11) is 1.55. The van der Waals surface area contributed by atoms with Crippen molar-refractivity contribution in [3.8, 4) is 5.75 Å². The first-order chi connectivity index (χ1) is 23.2. The molecule has 6 rings (SSSR count). The summed E-state index contributed by atoms with van der Waals surface area (Å²) in [5.41, 5.74) is -3.57. The normalized spacial score (nSPS) is 36.6. The number of hydrogen-bond donors (Lipinski definition) is 2. The van der Waals surface area contributed by atoms with Gasteiger partial charge in [0.1, 0.15) is 17.9 Å². The van der Waals surface area contributed by atoms with E-state index in [2.05, 4.69) is 0 Å². The van der Waals surface area contributed by atoms with Crippen molar-refractivity contribution in [2.75, 3.05) is 19.7 Å². The Bertz CT molecular complexity index is 1640. The van der Waals surface area contributed by atoms with E-state index in [-0.39, 0.29) is 35.2 Å². The van der Waals surface area contributed by atoms with Crippen LogP contribution in [0.15, 0.2) is 77.2 Å². The Labute approximate surface area is 294 Å². The molecule has 3 fully saturated rings. The number of ketones is 1. The molecular formula is C38H44F3NO5S2. The van der Waals surface area contributed by atoms with Crippen molar-refractivity contribution in [3.05, 3.63) is 83.5 Å². The minimum absolute atomic E-state index is 0.0516. The van der Waals surface area contributed by atoms with Crippen molar-refractivity contribution >= 4 is 34.4 Å². The number of benzene rings is 2. The fraction of sp³-hybridized carbons (Fsp3) is 0.526. The third-order valence-corrected chi connectivity index (χ3v) is 14.1. The molecule has 0 saturated heterocycles. The highest BCUT2D eigenvalue weighted by Crippen LogP contribution is 2.75. The van der Waals surface area contributed by atoms with Crippen LogP contribution in [0.1, 0.15) is 51.2 Å². The molecule has 4 aliphatic rings. The zero-order valence-corrected chi connectivity index (χ0v) is 29.8. The van der Waals surface area contributed by atoms with E-state index in [4.69, 9.17) is 4.84 Å². The summed E-state index contributed by atoms with van der Waals surface area (Å²) < 4.78 is 47.6. The number of hydroxylamine groups is 2. The highest BCUT2D eigenvalue weighted by Gasteiger charge is 2.77. The molecule has 11 heteroatoms. The molecule has 0 radical (unpaired) electrons. The number of thioether (sulfide) groups is 2. The van der Waals surface area contributed by atoms with E-state index in [1.165, 1.54) is 18.2 Å². The lowest BCUT2D eigenvalue weighted by molar-refractivity contribution is -0.231. The molecule has 6 nitrogen and oxygen atoms in total. The summed E-state index contributed by atoms with van der Waals surface area (Å²) >= 11 is 2.25.